The molecule has 0 atom stereocenters. The number of nitrogen functional groups attached to an aromatic ring is 1. The van der Waals surface area contributed by atoms with Crippen LogP contribution in [-0.4, -0.2) is 4.98 Å². The molecular weight excluding hydrogens is 200 g/mol. The standard InChI is InChI=1S/C7H4ClF2N3/c8-4-1-3(2-11)13-6(5(4)12)7(9)10/h1,7H,12H2. The largest absolute Gasteiger partial charge is 0.396 e. The Morgan fingerprint density at radius 3 is 2.69 bits per heavy atom. The highest BCUT2D eigenvalue weighted by atomic mass is 35.5. The highest BCUT2D eigenvalue weighted by Gasteiger charge is 2.16. The molecule has 68 valence electrons. The summed E-state index contributed by atoms with van der Waals surface area (Å²) in [5.74, 6) is 0. The van der Waals surface area contributed by atoms with Gasteiger partial charge in [-0.1, -0.05) is 11.6 Å². The Bertz CT molecular complexity index is 373. The van der Waals surface area contributed by atoms with Crippen molar-refractivity contribution in [3.8, 4) is 6.07 Å². The number of hydrogen-bond acceptors (Lipinski definition) is 3. The maximum absolute atomic E-state index is 12.2. The van der Waals surface area contributed by atoms with Gasteiger partial charge in [-0.05, 0) is 6.07 Å². The first-order chi connectivity index (χ1) is 6.06. The lowest BCUT2D eigenvalue weighted by molar-refractivity contribution is 0.147. The Morgan fingerprint density at radius 2 is 2.23 bits per heavy atom. The maximum atomic E-state index is 12.2. The van der Waals surface area contributed by atoms with E-state index in [0.29, 0.717) is 0 Å². The minimum Gasteiger partial charge on any atom is -0.396 e. The Morgan fingerprint density at radius 1 is 1.62 bits per heavy atom. The molecule has 0 fully saturated rings. The van der Waals surface area contributed by atoms with Crippen molar-refractivity contribution < 1.29 is 8.78 Å². The Labute approximate surface area is 77.7 Å². The predicted molar refractivity (Wildman–Crippen MR) is 43.3 cm³/mol. The lowest BCUT2D eigenvalue weighted by Crippen LogP contribution is -2.01. The molecule has 0 spiro atoms. The second-order valence-electron chi connectivity index (χ2n) is 2.20. The van der Waals surface area contributed by atoms with E-state index in [1.165, 1.54) is 0 Å². The molecule has 0 aliphatic carbocycles. The van der Waals surface area contributed by atoms with Gasteiger partial charge in [-0.3, -0.25) is 0 Å². The summed E-state index contributed by atoms with van der Waals surface area (Å²) in [6.07, 6.45) is -2.83. The van der Waals surface area contributed by atoms with E-state index in [9.17, 15) is 8.78 Å². The molecule has 0 saturated carbocycles. The van der Waals surface area contributed by atoms with E-state index in [0.717, 1.165) is 6.07 Å². The third-order valence-corrected chi connectivity index (χ3v) is 1.67. The van der Waals surface area contributed by atoms with Crippen LogP contribution < -0.4 is 5.73 Å². The minimum atomic E-state index is -2.83. The number of rotatable bonds is 1. The Hall–Kier alpha value is -1.41. The fraction of sp³-hybridized carbons (Fsp3) is 0.143. The number of anilines is 1. The molecule has 2 N–H and O–H groups in total. The highest BCUT2D eigenvalue weighted by Crippen LogP contribution is 2.29. The van der Waals surface area contributed by atoms with Gasteiger partial charge in [0.05, 0.1) is 10.7 Å². The summed E-state index contributed by atoms with van der Waals surface area (Å²) in [5.41, 5.74) is 4.12. The Kier molecular flexibility index (Phi) is 2.63. The number of halogens is 3. The number of alkyl halides is 2. The number of nitrogens with zero attached hydrogens (tertiary/aromatic N) is 2. The van der Waals surface area contributed by atoms with Crippen LogP contribution in [0.2, 0.25) is 5.02 Å². The zero-order valence-electron chi connectivity index (χ0n) is 6.26. The van der Waals surface area contributed by atoms with E-state index in [2.05, 4.69) is 4.98 Å². The van der Waals surface area contributed by atoms with Gasteiger partial charge in [0, 0.05) is 0 Å². The first kappa shape index (κ1) is 9.68. The molecule has 1 aromatic rings. The van der Waals surface area contributed by atoms with E-state index >= 15 is 0 Å². The SMILES string of the molecule is N#Cc1cc(Cl)c(N)c(C(F)F)n1. The molecule has 1 heterocycles. The monoisotopic (exact) mass is 203 g/mol. The maximum Gasteiger partial charge on any atom is 0.282 e. The van der Waals surface area contributed by atoms with Crippen LogP contribution in [0.25, 0.3) is 0 Å². The van der Waals surface area contributed by atoms with Crippen molar-refractivity contribution in [1.29, 1.82) is 5.26 Å². The van der Waals surface area contributed by atoms with Crippen LogP contribution in [0.1, 0.15) is 17.8 Å². The van der Waals surface area contributed by atoms with Crippen LogP contribution in [0.4, 0.5) is 14.5 Å². The second-order valence-corrected chi connectivity index (χ2v) is 2.61. The van der Waals surface area contributed by atoms with Gasteiger partial charge in [0.2, 0.25) is 0 Å². The zero-order chi connectivity index (χ0) is 10.0. The fourth-order valence-electron chi connectivity index (χ4n) is 0.766. The first-order valence-electron chi connectivity index (χ1n) is 3.20. The van der Waals surface area contributed by atoms with Gasteiger partial charge >= 0.3 is 0 Å². The van der Waals surface area contributed by atoms with Crippen molar-refractivity contribution >= 4 is 17.3 Å². The van der Waals surface area contributed by atoms with Crippen molar-refractivity contribution in [3.63, 3.8) is 0 Å². The molecule has 13 heavy (non-hydrogen) atoms. The van der Waals surface area contributed by atoms with E-state index in [1.807, 2.05) is 0 Å². The minimum absolute atomic E-state index is 0.0816. The van der Waals surface area contributed by atoms with Gasteiger partial charge in [-0.15, -0.1) is 0 Å². The molecule has 0 amide bonds. The number of aromatic nitrogens is 1. The lowest BCUT2D eigenvalue weighted by atomic mass is 10.2. The number of nitriles is 1. The van der Waals surface area contributed by atoms with Crippen molar-refractivity contribution in [1.82, 2.24) is 4.98 Å². The summed E-state index contributed by atoms with van der Waals surface area (Å²) < 4.78 is 24.4. The summed E-state index contributed by atoms with van der Waals surface area (Å²) in [5, 5.41) is 8.32. The molecule has 1 rings (SSSR count). The molecule has 0 aliphatic rings. The van der Waals surface area contributed by atoms with Crippen LogP contribution in [0.3, 0.4) is 0 Å². The quantitative estimate of drug-likeness (QED) is 0.761. The summed E-state index contributed by atoms with van der Waals surface area (Å²) in [6.45, 7) is 0. The lowest BCUT2D eigenvalue weighted by Gasteiger charge is -2.04. The van der Waals surface area contributed by atoms with Crippen molar-refractivity contribution in [2.45, 2.75) is 6.43 Å². The summed E-state index contributed by atoms with van der Waals surface area (Å²) >= 11 is 5.49. The summed E-state index contributed by atoms with van der Waals surface area (Å²) in [4.78, 5) is 3.33. The van der Waals surface area contributed by atoms with Crippen LogP contribution >= 0.6 is 11.6 Å². The predicted octanol–water partition coefficient (Wildman–Crippen LogP) is 2.13. The smallest absolute Gasteiger partial charge is 0.282 e. The molecular formula is C7H4ClF2N3. The van der Waals surface area contributed by atoms with Crippen molar-refractivity contribution in [3.05, 3.63) is 22.5 Å². The van der Waals surface area contributed by atoms with E-state index in [1.54, 1.807) is 6.07 Å². The van der Waals surface area contributed by atoms with E-state index in [4.69, 9.17) is 22.6 Å². The molecule has 0 bridgehead atoms. The fourth-order valence-corrected chi connectivity index (χ4v) is 0.966. The number of pyridine rings is 1. The molecule has 0 aromatic carbocycles. The van der Waals surface area contributed by atoms with Gasteiger partial charge in [-0.25, -0.2) is 13.8 Å². The van der Waals surface area contributed by atoms with Crippen molar-refractivity contribution in [2.75, 3.05) is 5.73 Å². The van der Waals surface area contributed by atoms with Gasteiger partial charge in [0.15, 0.2) is 0 Å². The van der Waals surface area contributed by atoms with E-state index in [-0.39, 0.29) is 16.4 Å². The first-order valence-corrected chi connectivity index (χ1v) is 3.58. The van der Waals surface area contributed by atoms with Gasteiger partial charge in [0.1, 0.15) is 17.5 Å². The van der Waals surface area contributed by atoms with Gasteiger partial charge in [0.25, 0.3) is 6.43 Å². The molecule has 3 nitrogen and oxygen atoms in total. The molecule has 0 saturated heterocycles. The van der Waals surface area contributed by atoms with Gasteiger partial charge in [-0.2, -0.15) is 5.26 Å². The summed E-state index contributed by atoms with van der Waals surface area (Å²) in [6, 6.07) is 2.75. The molecule has 0 unspecified atom stereocenters. The van der Waals surface area contributed by atoms with Crippen LogP contribution in [0.15, 0.2) is 6.07 Å². The number of nitrogens with two attached hydrogens (primary N) is 1. The van der Waals surface area contributed by atoms with Gasteiger partial charge < -0.3 is 5.73 Å². The van der Waals surface area contributed by atoms with Crippen molar-refractivity contribution in [2.24, 2.45) is 0 Å². The Balaban J connectivity index is 3.35. The topological polar surface area (TPSA) is 62.7 Å². The second kappa shape index (κ2) is 3.54. The molecule has 0 radical (unpaired) electrons. The normalized spacial score (nSPS) is 10.1. The number of hydrogen-bond donors (Lipinski definition) is 1. The van der Waals surface area contributed by atoms with Crippen LogP contribution in [-0.2, 0) is 0 Å². The average molecular weight is 204 g/mol. The molecule has 0 aliphatic heterocycles. The van der Waals surface area contributed by atoms with Crippen LogP contribution in [0, 0.1) is 11.3 Å². The third kappa shape index (κ3) is 1.84. The molecule has 1 aromatic heterocycles. The van der Waals surface area contributed by atoms with E-state index < -0.39 is 12.1 Å². The highest BCUT2D eigenvalue weighted by molar-refractivity contribution is 6.33. The molecule has 6 heteroatoms. The van der Waals surface area contributed by atoms with Crippen LogP contribution in [0.5, 0.6) is 0 Å². The zero-order valence-corrected chi connectivity index (χ0v) is 7.02. The summed E-state index contributed by atoms with van der Waals surface area (Å²) in [7, 11) is 0. The third-order valence-electron chi connectivity index (χ3n) is 1.36. The average Bonchev–Trinajstić information content (AvgIpc) is 2.09.